The summed E-state index contributed by atoms with van der Waals surface area (Å²) in [5, 5.41) is 0. The van der Waals surface area contributed by atoms with Gasteiger partial charge in [-0.3, -0.25) is 0 Å². The van der Waals surface area contributed by atoms with Crippen molar-refractivity contribution in [1.82, 2.24) is 0 Å². The van der Waals surface area contributed by atoms with E-state index < -0.39 is 0 Å². The maximum atomic E-state index is 2.51. The first-order valence-electron chi connectivity index (χ1n) is 19.4. The van der Waals surface area contributed by atoms with E-state index in [4.69, 9.17) is 0 Å². The largest absolute Gasteiger partial charge is 0.310 e. The van der Waals surface area contributed by atoms with E-state index in [9.17, 15) is 0 Å². The van der Waals surface area contributed by atoms with Crippen molar-refractivity contribution in [2.45, 2.75) is 38.5 Å². The minimum atomic E-state index is -0.117. The molecule has 0 radical (unpaired) electrons. The van der Waals surface area contributed by atoms with Crippen LogP contribution < -0.4 is 4.90 Å². The highest BCUT2D eigenvalue weighted by molar-refractivity contribution is 5.92. The summed E-state index contributed by atoms with van der Waals surface area (Å²) in [6.07, 6.45) is 0. The second-order valence-corrected chi connectivity index (χ2v) is 16.2. The Morgan fingerprint density at radius 2 is 0.691 bits per heavy atom. The molecule has 0 saturated heterocycles. The minimum absolute atomic E-state index is 0.0578. The summed E-state index contributed by atoms with van der Waals surface area (Å²) in [5.74, 6) is 0. The average molecular weight is 706 g/mol. The zero-order chi connectivity index (χ0) is 37.3. The van der Waals surface area contributed by atoms with Gasteiger partial charge in [-0.25, -0.2) is 0 Å². The molecule has 1 heteroatoms. The van der Waals surface area contributed by atoms with Gasteiger partial charge in [0.25, 0.3) is 0 Å². The third-order valence-electron chi connectivity index (χ3n) is 12.3. The van der Waals surface area contributed by atoms with E-state index in [0.717, 1.165) is 17.1 Å². The lowest BCUT2D eigenvalue weighted by Gasteiger charge is -2.28. The lowest BCUT2D eigenvalue weighted by molar-refractivity contribution is 0.652. The fourth-order valence-corrected chi connectivity index (χ4v) is 9.26. The highest BCUT2D eigenvalue weighted by atomic mass is 15.1. The molecule has 0 amide bonds. The summed E-state index contributed by atoms with van der Waals surface area (Å²) in [6, 6.07) is 69.3. The summed E-state index contributed by atoms with van der Waals surface area (Å²) in [5.41, 5.74) is 21.5. The normalized spacial score (nSPS) is 14.1. The Bertz CT molecular complexity index is 2720. The molecule has 2 aliphatic rings. The number of rotatable bonds is 6. The molecule has 0 heterocycles. The van der Waals surface area contributed by atoms with E-state index >= 15 is 0 Å². The maximum Gasteiger partial charge on any atom is 0.0468 e. The first-order chi connectivity index (χ1) is 26.8. The van der Waals surface area contributed by atoms with Crippen LogP contribution >= 0.6 is 0 Å². The Kier molecular flexibility index (Phi) is 7.58. The van der Waals surface area contributed by atoms with Crippen LogP contribution in [0, 0.1) is 0 Å². The molecule has 1 nitrogen and oxygen atoms in total. The molecule has 0 spiro atoms. The number of nitrogens with zero attached hydrogens (tertiary/aromatic N) is 1. The first-order valence-corrected chi connectivity index (χ1v) is 19.4. The van der Waals surface area contributed by atoms with Gasteiger partial charge in [0.1, 0.15) is 0 Å². The molecule has 0 N–H and O–H groups in total. The molecule has 8 aromatic rings. The van der Waals surface area contributed by atoms with Crippen molar-refractivity contribution in [2.24, 2.45) is 0 Å². The number of hydrogen-bond donors (Lipinski definition) is 0. The van der Waals surface area contributed by atoms with Gasteiger partial charge in [-0.2, -0.15) is 0 Å². The Balaban J connectivity index is 1.10. The fraction of sp³-hybridized carbons (Fsp3) is 0.111. The SMILES string of the molecule is CC1(C)c2ccccc2-c2cc3c(cc21)-c1cc(N(c2ccc(-c4ccccc4)cc2)c2cccc(-c4ccc(-c5ccccc5)cc4)c2)ccc1C3(C)C. The Labute approximate surface area is 325 Å². The quantitative estimate of drug-likeness (QED) is 0.166. The van der Waals surface area contributed by atoms with E-state index in [1.807, 2.05) is 0 Å². The molecular formula is C54H43N. The van der Waals surface area contributed by atoms with Crippen molar-refractivity contribution in [2.75, 3.05) is 4.90 Å². The summed E-state index contributed by atoms with van der Waals surface area (Å²) >= 11 is 0. The summed E-state index contributed by atoms with van der Waals surface area (Å²) in [6.45, 7) is 9.54. The highest BCUT2D eigenvalue weighted by Gasteiger charge is 2.41. The molecule has 0 bridgehead atoms. The van der Waals surface area contributed by atoms with Crippen LogP contribution in [0.5, 0.6) is 0 Å². The van der Waals surface area contributed by atoms with Crippen LogP contribution in [0.4, 0.5) is 17.1 Å². The van der Waals surface area contributed by atoms with Crippen LogP contribution in [0.25, 0.3) is 55.6 Å². The highest BCUT2D eigenvalue weighted by Crippen LogP contribution is 2.56. The van der Waals surface area contributed by atoms with E-state index in [-0.39, 0.29) is 10.8 Å². The van der Waals surface area contributed by atoms with Crippen LogP contribution in [0.15, 0.2) is 188 Å². The first kappa shape index (κ1) is 33.2. The molecule has 0 aromatic heterocycles. The van der Waals surface area contributed by atoms with Gasteiger partial charge >= 0.3 is 0 Å². The lowest BCUT2D eigenvalue weighted by Crippen LogP contribution is -2.17. The smallest absolute Gasteiger partial charge is 0.0468 e. The zero-order valence-electron chi connectivity index (χ0n) is 31.8. The molecule has 264 valence electrons. The Morgan fingerprint density at radius 1 is 0.273 bits per heavy atom. The summed E-state index contributed by atoms with van der Waals surface area (Å²) < 4.78 is 0. The van der Waals surface area contributed by atoms with E-state index in [2.05, 4.69) is 221 Å². The van der Waals surface area contributed by atoms with Crippen molar-refractivity contribution in [1.29, 1.82) is 0 Å². The van der Waals surface area contributed by atoms with Crippen LogP contribution in [-0.4, -0.2) is 0 Å². The van der Waals surface area contributed by atoms with Gasteiger partial charge in [-0.15, -0.1) is 0 Å². The maximum absolute atomic E-state index is 2.51. The lowest BCUT2D eigenvalue weighted by atomic mass is 9.79. The van der Waals surface area contributed by atoms with Crippen molar-refractivity contribution >= 4 is 17.1 Å². The Morgan fingerprint density at radius 3 is 1.31 bits per heavy atom. The molecule has 10 rings (SSSR count). The van der Waals surface area contributed by atoms with E-state index in [1.165, 1.54) is 77.9 Å². The van der Waals surface area contributed by atoms with Crippen LogP contribution in [0.2, 0.25) is 0 Å². The van der Waals surface area contributed by atoms with Crippen LogP contribution in [0.3, 0.4) is 0 Å². The third kappa shape index (κ3) is 5.37. The molecule has 55 heavy (non-hydrogen) atoms. The van der Waals surface area contributed by atoms with Crippen molar-refractivity contribution in [3.05, 3.63) is 210 Å². The third-order valence-corrected chi connectivity index (χ3v) is 12.3. The number of hydrogen-bond acceptors (Lipinski definition) is 1. The zero-order valence-corrected chi connectivity index (χ0v) is 31.8. The molecule has 0 unspecified atom stereocenters. The van der Waals surface area contributed by atoms with Gasteiger partial charge in [0.2, 0.25) is 0 Å². The second kappa shape index (κ2) is 12.6. The van der Waals surface area contributed by atoms with Crippen molar-refractivity contribution in [3.63, 3.8) is 0 Å². The predicted molar refractivity (Wildman–Crippen MR) is 233 cm³/mol. The van der Waals surface area contributed by atoms with Gasteiger partial charge in [0.05, 0.1) is 0 Å². The van der Waals surface area contributed by atoms with Gasteiger partial charge in [-0.1, -0.05) is 167 Å². The van der Waals surface area contributed by atoms with Crippen molar-refractivity contribution in [3.8, 4) is 55.6 Å². The topological polar surface area (TPSA) is 3.24 Å². The van der Waals surface area contributed by atoms with E-state index in [1.54, 1.807) is 0 Å². The van der Waals surface area contributed by atoms with Gasteiger partial charge in [0, 0.05) is 27.9 Å². The molecule has 8 aromatic carbocycles. The van der Waals surface area contributed by atoms with Gasteiger partial charge in [-0.05, 0) is 126 Å². The second-order valence-electron chi connectivity index (χ2n) is 16.2. The predicted octanol–water partition coefficient (Wildman–Crippen LogP) is 14.8. The molecular weight excluding hydrogens is 663 g/mol. The molecule has 0 atom stereocenters. The Hall–Kier alpha value is -6.44. The standard InChI is InChI=1S/C54H43N/c1-53(2)49-21-12-11-20-45(49)47-34-52-48(35-51(47)53)46-33-44(30-31-50(46)54(52,3)4)55(42-28-26-39(27-29-42)37-16-9-6-10-17-37)43-19-13-18-41(32-43)40-24-22-38(23-25-40)36-14-7-5-8-15-36/h5-35H,1-4H3. The van der Waals surface area contributed by atoms with Gasteiger partial charge in [0.15, 0.2) is 0 Å². The number of benzene rings is 8. The molecule has 0 fully saturated rings. The van der Waals surface area contributed by atoms with E-state index in [0.29, 0.717) is 0 Å². The van der Waals surface area contributed by atoms with Gasteiger partial charge < -0.3 is 4.90 Å². The molecule has 2 aliphatic carbocycles. The molecule has 0 aliphatic heterocycles. The number of fused-ring (bicyclic) bond motifs is 6. The van der Waals surface area contributed by atoms with Crippen LogP contribution in [-0.2, 0) is 10.8 Å². The monoisotopic (exact) mass is 705 g/mol. The summed E-state index contributed by atoms with van der Waals surface area (Å²) in [4.78, 5) is 2.43. The molecule has 0 saturated carbocycles. The number of anilines is 3. The average Bonchev–Trinajstić information content (AvgIpc) is 3.60. The van der Waals surface area contributed by atoms with Crippen molar-refractivity contribution < 1.29 is 0 Å². The fourth-order valence-electron chi connectivity index (χ4n) is 9.26. The summed E-state index contributed by atoms with van der Waals surface area (Å²) in [7, 11) is 0. The minimum Gasteiger partial charge on any atom is -0.310 e. The van der Waals surface area contributed by atoms with Crippen LogP contribution in [0.1, 0.15) is 49.9 Å².